The fourth-order valence-electron chi connectivity index (χ4n) is 1.42. The number of aldehydes is 1. The number of ether oxygens (including phenoxy) is 1. The number of carbonyl (C=O) groups is 1. The van der Waals surface area contributed by atoms with Gasteiger partial charge in [-0.05, 0) is 36.4 Å². The van der Waals surface area contributed by atoms with Crippen molar-refractivity contribution in [1.82, 2.24) is 0 Å². The standard InChI is InChI=1S/C13H7Cl3O2/c14-9-1-2-13(8(3-9)7-17)18-12-5-10(15)4-11(16)6-12/h1-7H. The number of hydrogen-bond donors (Lipinski definition) is 0. The molecule has 0 saturated carbocycles. The minimum atomic E-state index is 0.360. The van der Waals surface area contributed by atoms with E-state index in [9.17, 15) is 4.79 Å². The molecule has 0 aliphatic rings. The molecular formula is C13H7Cl3O2. The SMILES string of the molecule is O=Cc1cc(Cl)ccc1Oc1cc(Cl)cc(Cl)c1. The number of rotatable bonds is 3. The molecule has 0 fully saturated rings. The van der Waals surface area contributed by atoms with Gasteiger partial charge in [0, 0.05) is 15.1 Å². The molecule has 2 rings (SSSR count). The fraction of sp³-hybridized carbons (Fsp3) is 0. The summed E-state index contributed by atoms with van der Waals surface area (Å²) in [6.07, 6.45) is 0.674. The van der Waals surface area contributed by atoms with Crippen molar-refractivity contribution >= 4 is 41.1 Å². The highest BCUT2D eigenvalue weighted by molar-refractivity contribution is 6.34. The first kappa shape index (κ1) is 13.2. The lowest BCUT2D eigenvalue weighted by Crippen LogP contribution is -1.90. The molecule has 0 radical (unpaired) electrons. The predicted molar refractivity (Wildman–Crippen MR) is 73.4 cm³/mol. The summed E-state index contributed by atoms with van der Waals surface area (Å²) in [7, 11) is 0. The second-order valence-electron chi connectivity index (χ2n) is 3.51. The Morgan fingerprint density at radius 1 is 0.889 bits per heavy atom. The molecule has 0 atom stereocenters. The number of benzene rings is 2. The van der Waals surface area contributed by atoms with Gasteiger partial charge in [0.05, 0.1) is 5.56 Å². The van der Waals surface area contributed by atoms with Gasteiger partial charge in [0.25, 0.3) is 0 Å². The zero-order chi connectivity index (χ0) is 13.1. The Hall–Kier alpha value is -1.22. The van der Waals surface area contributed by atoms with Gasteiger partial charge in [0.1, 0.15) is 11.5 Å². The minimum absolute atomic E-state index is 0.360. The van der Waals surface area contributed by atoms with E-state index in [0.29, 0.717) is 38.4 Å². The molecule has 92 valence electrons. The summed E-state index contributed by atoms with van der Waals surface area (Å²) in [6, 6.07) is 9.58. The number of hydrogen-bond acceptors (Lipinski definition) is 2. The summed E-state index contributed by atoms with van der Waals surface area (Å²) in [5.74, 6) is 0.852. The summed E-state index contributed by atoms with van der Waals surface area (Å²) in [6.45, 7) is 0. The van der Waals surface area contributed by atoms with Crippen LogP contribution in [0.25, 0.3) is 0 Å². The van der Waals surface area contributed by atoms with Crippen LogP contribution >= 0.6 is 34.8 Å². The summed E-state index contributed by atoms with van der Waals surface area (Å²) >= 11 is 17.5. The van der Waals surface area contributed by atoms with Gasteiger partial charge in [-0.25, -0.2) is 0 Å². The molecule has 0 N–H and O–H groups in total. The Morgan fingerprint density at radius 2 is 1.56 bits per heavy atom. The van der Waals surface area contributed by atoms with Crippen LogP contribution < -0.4 is 4.74 Å². The topological polar surface area (TPSA) is 26.3 Å². The Kier molecular flexibility index (Phi) is 4.12. The van der Waals surface area contributed by atoms with Crippen LogP contribution in [0.1, 0.15) is 10.4 Å². The van der Waals surface area contributed by atoms with Crippen molar-refractivity contribution in [3.8, 4) is 11.5 Å². The number of halogens is 3. The van der Waals surface area contributed by atoms with E-state index in [4.69, 9.17) is 39.5 Å². The Bertz CT molecular complexity index is 577. The van der Waals surface area contributed by atoms with Crippen molar-refractivity contribution in [2.75, 3.05) is 0 Å². The Morgan fingerprint density at radius 3 is 2.17 bits per heavy atom. The Labute approximate surface area is 119 Å². The van der Waals surface area contributed by atoms with E-state index < -0.39 is 0 Å². The molecule has 0 bridgehead atoms. The molecule has 2 nitrogen and oxygen atoms in total. The van der Waals surface area contributed by atoms with Crippen molar-refractivity contribution in [2.24, 2.45) is 0 Å². The highest BCUT2D eigenvalue weighted by Crippen LogP contribution is 2.30. The molecule has 0 aromatic heterocycles. The van der Waals surface area contributed by atoms with Crippen molar-refractivity contribution < 1.29 is 9.53 Å². The van der Waals surface area contributed by atoms with Crippen LogP contribution in [0.2, 0.25) is 15.1 Å². The van der Waals surface area contributed by atoms with E-state index in [-0.39, 0.29) is 0 Å². The third-order valence-electron chi connectivity index (χ3n) is 2.16. The molecule has 5 heteroatoms. The first-order chi connectivity index (χ1) is 8.58. The summed E-state index contributed by atoms with van der Waals surface area (Å²) in [5, 5.41) is 1.38. The largest absolute Gasteiger partial charge is 0.457 e. The van der Waals surface area contributed by atoms with E-state index in [1.54, 1.807) is 30.3 Å². The molecule has 0 amide bonds. The van der Waals surface area contributed by atoms with Crippen molar-refractivity contribution in [2.45, 2.75) is 0 Å². The average Bonchev–Trinajstić information content (AvgIpc) is 2.30. The monoisotopic (exact) mass is 300 g/mol. The smallest absolute Gasteiger partial charge is 0.153 e. The molecule has 0 spiro atoms. The van der Waals surface area contributed by atoms with Gasteiger partial charge in [-0.3, -0.25) is 4.79 Å². The van der Waals surface area contributed by atoms with Gasteiger partial charge in [-0.1, -0.05) is 34.8 Å². The predicted octanol–water partition coefficient (Wildman–Crippen LogP) is 5.25. The van der Waals surface area contributed by atoms with Crippen LogP contribution in [0.5, 0.6) is 11.5 Å². The van der Waals surface area contributed by atoms with Crippen LogP contribution in [0.4, 0.5) is 0 Å². The van der Waals surface area contributed by atoms with Crippen molar-refractivity contribution in [3.05, 3.63) is 57.0 Å². The normalized spacial score (nSPS) is 10.2. The van der Waals surface area contributed by atoms with Gasteiger partial charge < -0.3 is 4.74 Å². The molecule has 0 saturated heterocycles. The van der Waals surface area contributed by atoms with Gasteiger partial charge in [0.2, 0.25) is 0 Å². The van der Waals surface area contributed by atoms with Crippen LogP contribution in [0.15, 0.2) is 36.4 Å². The van der Waals surface area contributed by atoms with Gasteiger partial charge in [-0.15, -0.1) is 0 Å². The molecule has 18 heavy (non-hydrogen) atoms. The van der Waals surface area contributed by atoms with Gasteiger partial charge >= 0.3 is 0 Å². The van der Waals surface area contributed by atoms with Crippen LogP contribution in [0, 0.1) is 0 Å². The maximum absolute atomic E-state index is 10.9. The zero-order valence-corrected chi connectivity index (χ0v) is 11.3. The lowest BCUT2D eigenvalue weighted by atomic mass is 10.2. The molecule has 0 aliphatic carbocycles. The van der Waals surface area contributed by atoms with E-state index >= 15 is 0 Å². The summed E-state index contributed by atoms with van der Waals surface area (Å²) in [5.41, 5.74) is 0.360. The summed E-state index contributed by atoms with van der Waals surface area (Å²) in [4.78, 5) is 10.9. The maximum Gasteiger partial charge on any atom is 0.153 e. The molecule has 2 aromatic carbocycles. The lowest BCUT2D eigenvalue weighted by molar-refractivity contribution is 0.112. The fourth-order valence-corrected chi connectivity index (χ4v) is 2.11. The minimum Gasteiger partial charge on any atom is -0.457 e. The van der Waals surface area contributed by atoms with Crippen molar-refractivity contribution in [3.63, 3.8) is 0 Å². The van der Waals surface area contributed by atoms with E-state index in [0.717, 1.165) is 0 Å². The molecule has 0 aliphatic heterocycles. The quantitative estimate of drug-likeness (QED) is 0.724. The van der Waals surface area contributed by atoms with Gasteiger partial charge in [-0.2, -0.15) is 0 Å². The van der Waals surface area contributed by atoms with Crippen LogP contribution in [0.3, 0.4) is 0 Å². The number of carbonyl (C=O) groups excluding carboxylic acids is 1. The third-order valence-corrected chi connectivity index (χ3v) is 2.83. The molecular weight excluding hydrogens is 294 g/mol. The second kappa shape index (κ2) is 5.61. The Balaban J connectivity index is 2.36. The second-order valence-corrected chi connectivity index (χ2v) is 4.82. The van der Waals surface area contributed by atoms with E-state index in [2.05, 4.69) is 0 Å². The van der Waals surface area contributed by atoms with Gasteiger partial charge in [0.15, 0.2) is 6.29 Å². The molecule has 0 heterocycles. The first-order valence-corrected chi connectivity index (χ1v) is 6.10. The highest BCUT2D eigenvalue weighted by atomic mass is 35.5. The maximum atomic E-state index is 10.9. The third kappa shape index (κ3) is 3.16. The van der Waals surface area contributed by atoms with Crippen LogP contribution in [-0.2, 0) is 0 Å². The molecule has 2 aromatic rings. The van der Waals surface area contributed by atoms with Crippen LogP contribution in [-0.4, -0.2) is 6.29 Å². The first-order valence-electron chi connectivity index (χ1n) is 4.97. The highest BCUT2D eigenvalue weighted by Gasteiger charge is 2.06. The van der Waals surface area contributed by atoms with E-state index in [1.807, 2.05) is 0 Å². The zero-order valence-electron chi connectivity index (χ0n) is 8.99. The lowest BCUT2D eigenvalue weighted by Gasteiger charge is -2.09. The van der Waals surface area contributed by atoms with Crippen molar-refractivity contribution in [1.29, 1.82) is 0 Å². The van der Waals surface area contributed by atoms with E-state index in [1.165, 1.54) is 6.07 Å². The molecule has 0 unspecified atom stereocenters. The average molecular weight is 302 g/mol. The summed E-state index contributed by atoms with van der Waals surface area (Å²) < 4.78 is 5.56.